The predicted molar refractivity (Wildman–Crippen MR) is 111 cm³/mol. The average Bonchev–Trinajstić information content (AvgIpc) is 2.60. The highest BCUT2D eigenvalue weighted by Crippen LogP contribution is 2.39. The summed E-state index contributed by atoms with van der Waals surface area (Å²) in [6, 6.07) is 9.09. The van der Waals surface area contributed by atoms with Gasteiger partial charge >= 0.3 is 6.09 Å². The van der Waals surface area contributed by atoms with Crippen molar-refractivity contribution < 1.29 is 14.7 Å². The Hall–Kier alpha value is -2.34. The Morgan fingerprint density at radius 1 is 1.07 bits per heavy atom. The van der Waals surface area contributed by atoms with Crippen molar-refractivity contribution in [2.24, 2.45) is 0 Å². The maximum absolute atomic E-state index is 13.4. The molecule has 1 atom stereocenters. The number of anilines is 2. The van der Waals surface area contributed by atoms with Crippen LogP contribution in [0.5, 0.6) is 0 Å². The Morgan fingerprint density at radius 2 is 1.70 bits per heavy atom. The first-order chi connectivity index (χ1) is 12.7. The highest BCUT2D eigenvalue weighted by molar-refractivity contribution is 9.10. The van der Waals surface area contributed by atoms with Crippen molar-refractivity contribution in [1.29, 1.82) is 0 Å². The van der Waals surface area contributed by atoms with Gasteiger partial charge in [0, 0.05) is 16.6 Å². The summed E-state index contributed by atoms with van der Waals surface area (Å²) in [6.45, 7) is 8.12. The number of benzene rings is 2. The summed E-state index contributed by atoms with van der Waals surface area (Å²) in [5.74, 6) is -0.104. The molecule has 1 N–H and O–H groups in total. The first-order valence-corrected chi connectivity index (χ1v) is 9.75. The van der Waals surface area contributed by atoms with E-state index in [1.165, 1.54) is 4.90 Å². The lowest BCUT2D eigenvalue weighted by atomic mass is 9.99. The van der Waals surface area contributed by atoms with Crippen LogP contribution in [-0.4, -0.2) is 29.7 Å². The summed E-state index contributed by atoms with van der Waals surface area (Å²) in [5.41, 5.74) is 4.77. The molecule has 6 heteroatoms. The van der Waals surface area contributed by atoms with E-state index in [1.54, 1.807) is 4.90 Å². The van der Waals surface area contributed by atoms with Gasteiger partial charge in [-0.15, -0.1) is 0 Å². The molecule has 0 bridgehead atoms. The number of hydrogen-bond acceptors (Lipinski definition) is 2. The van der Waals surface area contributed by atoms with E-state index >= 15 is 0 Å². The van der Waals surface area contributed by atoms with Crippen LogP contribution >= 0.6 is 15.9 Å². The second kappa shape index (κ2) is 7.35. The zero-order valence-corrected chi connectivity index (χ0v) is 17.5. The number of amides is 2. The van der Waals surface area contributed by atoms with E-state index in [9.17, 15) is 14.7 Å². The van der Waals surface area contributed by atoms with Crippen molar-refractivity contribution in [2.45, 2.75) is 40.2 Å². The van der Waals surface area contributed by atoms with Crippen molar-refractivity contribution in [1.82, 2.24) is 0 Å². The Labute approximate surface area is 167 Å². The van der Waals surface area contributed by atoms with Crippen molar-refractivity contribution in [3.8, 4) is 0 Å². The molecule has 0 aromatic heterocycles. The normalized spacial score (nSPS) is 16.3. The van der Waals surface area contributed by atoms with Crippen LogP contribution in [0, 0.1) is 20.8 Å². The minimum atomic E-state index is -0.988. The van der Waals surface area contributed by atoms with Gasteiger partial charge in [0.05, 0.1) is 17.4 Å². The Morgan fingerprint density at radius 3 is 2.26 bits per heavy atom. The Balaban J connectivity index is 2.16. The fraction of sp³-hybridized carbons (Fsp3) is 0.333. The predicted octanol–water partition coefficient (Wildman–Crippen LogP) is 5.30. The molecule has 0 radical (unpaired) electrons. The first kappa shape index (κ1) is 19.4. The lowest BCUT2D eigenvalue weighted by Crippen LogP contribution is -2.52. The summed E-state index contributed by atoms with van der Waals surface area (Å²) in [7, 11) is 0. The van der Waals surface area contributed by atoms with Crippen molar-refractivity contribution in [3.05, 3.63) is 57.1 Å². The van der Waals surface area contributed by atoms with Crippen LogP contribution in [0.1, 0.15) is 40.4 Å². The minimum absolute atomic E-state index is 0.104. The molecule has 5 nitrogen and oxygen atoms in total. The standard InChI is InChI=1S/C21H23BrN2O3/c1-5-16-11-23(20(25)17-7-6-15(22)8-14(17)4)18-9-12(2)13(3)10-19(18)24(16)21(26)27/h6-10,16H,5,11H2,1-4H3,(H,26,27). The second-order valence-corrected chi connectivity index (χ2v) is 7.93. The quantitative estimate of drug-likeness (QED) is 0.702. The van der Waals surface area contributed by atoms with Crippen molar-refractivity contribution >= 4 is 39.3 Å². The van der Waals surface area contributed by atoms with Crippen molar-refractivity contribution in [3.63, 3.8) is 0 Å². The molecular formula is C21H23BrN2O3. The number of rotatable bonds is 2. The van der Waals surface area contributed by atoms with Gasteiger partial charge in [-0.05, 0) is 74.2 Å². The summed E-state index contributed by atoms with van der Waals surface area (Å²) in [5, 5.41) is 9.78. The third-order valence-electron chi connectivity index (χ3n) is 5.24. The van der Waals surface area contributed by atoms with Crippen LogP contribution in [0.15, 0.2) is 34.8 Å². The molecule has 1 unspecified atom stereocenters. The lowest BCUT2D eigenvalue weighted by molar-refractivity contribution is 0.0982. The molecule has 142 valence electrons. The maximum Gasteiger partial charge on any atom is 0.412 e. The summed E-state index contributed by atoms with van der Waals surface area (Å²) in [4.78, 5) is 28.4. The molecule has 0 aliphatic carbocycles. The van der Waals surface area contributed by atoms with E-state index in [0.29, 0.717) is 29.9 Å². The molecule has 27 heavy (non-hydrogen) atoms. The highest BCUT2D eigenvalue weighted by atomic mass is 79.9. The second-order valence-electron chi connectivity index (χ2n) is 7.01. The fourth-order valence-electron chi connectivity index (χ4n) is 3.56. The van der Waals surface area contributed by atoms with E-state index < -0.39 is 6.09 Å². The van der Waals surface area contributed by atoms with Gasteiger partial charge in [-0.25, -0.2) is 4.79 Å². The van der Waals surface area contributed by atoms with Gasteiger partial charge in [-0.2, -0.15) is 0 Å². The lowest BCUT2D eigenvalue weighted by Gasteiger charge is -2.41. The largest absolute Gasteiger partial charge is 0.465 e. The number of nitrogens with zero attached hydrogens (tertiary/aromatic N) is 2. The number of aryl methyl sites for hydroxylation is 3. The molecule has 0 saturated heterocycles. The molecule has 0 fully saturated rings. The number of halogens is 1. The first-order valence-electron chi connectivity index (χ1n) is 8.96. The third kappa shape index (κ3) is 3.46. The van der Waals surface area contributed by atoms with E-state index in [4.69, 9.17) is 0 Å². The summed E-state index contributed by atoms with van der Waals surface area (Å²) in [6.07, 6.45) is -0.361. The molecule has 1 aliphatic heterocycles. The number of carbonyl (C=O) groups excluding carboxylic acids is 1. The maximum atomic E-state index is 13.4. The molecule has 2 aromatic carbocycles. The third-order valence-corrected chi connectivity index (χ3v) is 5.73. The van der Waals surface area contributed by atoms with Crippen LogP contribution in [0.4, 0.5) is 16.2 Å². The average molecular weight is 431 g/mol. The van der Waals surface area contributed by atoms with E-state index in [2.05, 4.69) is 15.9 Å². The van der Waals surface area contributed by atoms with Gasteiger partial charge in [0.2, 0.25) is 0 Å². The SMILES string of the molecule is CCC1CN(C(=O)c2ccc(Br)cc2C)c2cc(C)c(C)cc2N1C(=O)O. The summed E-state index contributed by atoms with van der Waals surface area (Å²) < 4.78 is 0.922. The van der Waals surface area contributed by atoms with Gasteiger partial charge in [0.1, 0.15) is 0 Å². The van der Waals surface area contributed by atoms with Crippen LogP contribution in [0.3, 0.4) is 0 Å². The molecule has 0 spiro atoms. The smallest absolute Gasteiger partial charge is 0.412 e. The van der Waals surface area contributed by atoms with E-state index in [1.807, 2.05) is 58.0 Å². The van der Waals surface area contributed by atoms with E-state index in [-0.39, 0.29) is 11.9 Å². The van der Waals surface area contributed by atoms with Crippen molar-refractivity contribution in [2.75, 3.05) is 16.3 Å². The van der Waals surface area contributed by atoms with E-state index in [0.717, 1.165) is 21.2 Å². The molecule has 0 saturated carbocycles. The van der Waals surface area contributed by atoms with Gasteiger partial charge in [-0.1, -0.05) is 22.9 Å². The highest BCUT2D eigenvalue weighted by Gasteiger charge is 2.37. The van der Waals surface area contributed by atoms with Gasteiger partial charge in [0.15, 0.2) is 0 Å². The zero-order chi connectivity index (χ0) is 19.9. The summed E-state index contributed by atoms with van der Waals surface area (Å²) >= 11 is 3.43. The molecule has 2 aromatic rings. The molecule has 3 rings (SSSR count). The number of carbonyl (C=O) groups is 2. The van der Waals surface area contributed by atoms with Crippen LogP contribution < -0.4 is 9.80 Å². The fourth-order valence-corrected chi connectivity index (χ4v) is 4.03. The molecule has 1 aliphatic rings. The topological polar surface area (TPSA) is 60.9 Å². The van der Waals surface area contributed by atoms with Crippen LogP contribution in [0.2, 0.25) is 0 Å². The number of fused-ring (bicyclic) bond motifs is 1. The monoisotopic (exact) mass is 430 g/mol. The van der Waals surface area contributed by atoms with Gasteiger partial charge in [0.25, 0.3) is 5.91 Å². The van der Waals surface area contributed by atoms with Gasteiger partial charge in [-0.3, -0.25) is 9.69 Å². The Bertz CT molecular complexity index is 926. The van der Waals surface area contributed by atoms with Crippen LogP contribution in [-0.2, 0) is 0 Å². The molecule has 1 heterocycles. The Kier molecular flexibility index (Phi) is 5.29. The number of hydrogen-bond donors (Lipinski definition) is 1. The minimum Gasteiger partial charge on any atom is -0.465 e. The number of carboxylic acid groups (broad SMARTS) is 1. The molecular weight excluding hydrogens is 408 g/mol. The van der Waals surface area contributed by atoms with Gasteiger partial charge < -0.3 is 10.0 Å². The molecule has 2 amide bonds. The zero-order valence-electron chi connectivity index (χ0n) is 15.9. The van der Waals surface area contributed by atoms with Crippen LogP contribution in [0.25, 0.3) is 0 Å².